The molecule has 0 saturated heterocycles. The Kier molecular flexibility index (Phi) is 7.54. The normalized spacial score (nSPS) is 12.1. The summed E-state index contributed by atoms with van der Waals surface area (Å²) in [5, 5.41) is 5.03. The first-order valence-electron chi connectivity index (χ1n) is 7.76. The van der Waals surface area contributed by atoms with Crippen molar-refractivity contribution in [1.82, 2.24) is 15.5 Å². The minimum absolute atomic E-state index is 0.330. The number of imide groups is 1. The number of para-hydroxylation sites is 1. The van der Waals surface area contributed by atoms with E-state index in [4.69, 9.17) is 4.74 Å². The molecule has 1 atom stereocenters. The first kappa shape index (κ1) is 19.0. The number of urea groups is 1. The molecule has 6 nitrogen and oxygen atoms in total. The van der Waals surface area contributed by atoms with Crippen molar-refractivity contribution in [3.8, 4) is 5.75 Å². The summed E-state index contributed by atoms with van der Waals surface area (Å²) >= 11 is 0. The van der Waals surface area contributed by atoms with Gasteiger partial charge in [0.05, 0.1) is 13.2 Å². The van der Waals surface area contributed by atoms with E-state index in [9.17, 15) is 9.59 Å². The molecule has 1 rings (SSSR count). The zero-order chi connectivity index (χ0) is 17.4. The first-order chi connectivity index (χ1) is 10.8. The first-order valence-corrected chi connectivity index (χ1v) is 7.76. The highest BCUT2D eigenvalue weighted by molar-refractivity contribution is 5.96. The highest BCUT2D eigenvalue weighted by atomic mass is 16.5. The lowest BCUT2D eigenvalue weighted by Gasteiger charge is -2.24. The molecular weight excluding hydrogens is 294 g/mol. The molecule has 0 fully saturated rings. The van der Waals surface area contributed by atoms with Crippen molar-refractivity contribution >= 4 is 11.9 Å². The number of carbonyl (C=O) groups excluding carboxylic acids is 2. The Morgan fingerprint density at radius 3 is 2.48 bits per heavy atom. The summed E-state index contributed by atoms with van der Waals surface area (Å²) in [7, 11) is 3.46. The summed E-state index contributed by atoms with van der Waals surface area (Å²) in [5.41, 5.74) is 0.987. The van der Waals surface area contributed by atoms with Crippen LogP contribution in [-0.2, 0) is 11.3 Å². The van der Waals surface area contributed by atoms with Gasteiger partial charge in [0.25, 0.3) is 0 Å². The predicted molar refractivity (Wildman–Crippen MR) is 90.3 cm³/mol. The van der Waals surface area contributed by atoms with E-state index >= 15 is 0 Å². The number of methoxy groups -OCH3 is 1. The van der Waals surface area contributed by atoms with Gasteiger partial charge in [-0.15, -0.1) is 0 Å². The minimum atomic E-state index is -0.457. The highest BCUT2D eigenvalue weighted by Crippen LogP contribution is 2.19. The molecule has 0 spiro atoms. The van der Waals surface area contributed by atoms with E-state index < -0.39 is 12.1 Å². The second kappa shape index (κ2) is 9.15. The van der Waals surface area contributed by atoms with Crippen LogP contribution in [-0.4, -0.2) is 43.6 Å². The van der Waals surface area contributed by atoms with Gasteiger partial charge in [0.1, 0.15) is 5.75 Å². The Labute approximate surface area is 138 Å². The van der Waals surface area contributed by atoms with Gasteiger partial charge in [-0.25, -0.2) is 4.79 Å². The van der Waals surface area contributed by atoms with Crippen LogP contribution < -0.4 is 15.4 Å². The number of nitrogens with one attached hydrogen (secondary N) is 2. The number of ether oxygens (including phenoxy) is 1. The third kappa shape index (κ3) is 6.28. The Bertz CT molecular complexity index is 532. The summed E-state index contributed by atoms with van der Waals surface area (Å²) in [6, 6.07) is 6.77. The molecule has 0 aliphatic rings. The molecule has 3 amide bonds. The fourth-order valence-corrected chi connectivity index (χ4v) is 2.00. The van der Waals surface area contributed by atoms with E-state index in [0.717, 1.165) is 11.3 Å². The SMILES string of the molecule is COc1ccccc1CN(C)C(C)C(=O)NC(=O)NCC(C)C. The Morgan fingerprint density at radius 2 is 1.87 bits per heavy atom. The van der Waals surface area contributed by atoms with Crippen LogP contribution in [0.2, 0.25) is 0 Å². The van der Waals surface area contributed by atoms with E-state index in [1.807, 2.05) is 50.1 Å². The third-order valence-corrected chi connectivity index (χ3v) is 3.56. The van der Waals surface area contributed by atoms with Gasteiger partial charge in [-0.2, -0.15) is 0 Å². The van der Waals surface area contributed by atoms with Crippen LogP contribution in [0.4, 0.5) is 4.79 Å². The number of likely N-dealkylation sites (N-methyl/N-ethyl adjacent to an activating group) is 1. The predicted octanol–water partition coefficient (Wildman–Crippen LogP) is 2.00. The van der Waals surface area contributed by atoms with Crippen molar-refractivity contribution in [2.45, 2.75) is 33.4 Å². The van der Waals surface area contributed by atoms with Crippen LogP contribution in [0, 0.1) is 5.92 Å². The molecule has 0 aromatic heterocycles. The third-order valence-electron chi connectivity index (χ3n) is 3.56. The molecular formula is C17H27N3O3. The lowest BCUT2D eigenvalue weighted by molar-refractivity contribution is -0.124. The average molecular weight is 321 g/mol. The number of amides is 3. The fraction of sp³-hybridized carbons (Fsp3) is 0.529. The molecule has 0 bridgehead atoms. The average Bonchev–Trinajstić information content (AvgIpc) is 2.52. The van der Waals surface area contributed by atoms with E-state index in [-0.39, 0.29) is 5.91 Å². The zero-order valence-electron chi connectivity index (χ0n) is 14.6. The topological polar surface area (TPSA) is 70.7 Å². The number of benzene rings is 1. The van der Waals surface area contributed by atoms with Crippen LogP contribution in [0.5, 0.6) is 5.75 Å². The van der Waals surface area contributed by atoms with Gasteiger partial charge >= 0.3 is 6.03 Å². The molecule has 0 heterocycles. The van der Waals surface area contributed by atoms with Crippen molar-refractivity contribution in [1.29, 1.82) is 0 Å². The van der Waals surface area contributed by atoms with Gasteiger partial charge < -0.3 is 10.1 Å². The standard InChI is InChI=1S/C17H27N3O3/c1-12(2)10-18-17(22)19-16(21)13(3)20(4)11-14-8-6-7-9-15(14)23-5/h6-9,12-13H,10-11H2,1-5H3,(H2,18,19,21,22). The van der Waals surface area contributed by atoms with Gasteiger partial charge in [-0.05, 0) is 26.0 Å². The summed E-state index contributed by atoms with van der Waals surface area (Å²) in [4.78, 5) is 25.7. The maximum absolute atomic E-state index is 12.1. The maximum Gasteiger partial charge on any atom is 0.321 e. The second-order valence-corrected chi connectivity index (χ2v) is 6.00. The van der Waals surface area contributed by atoms with Crippen LogP contribution >= 0.6 is 0 Å². The maximum atomic E-state index is 12.1. The lowest BCUT2D eigenvalue weighted by atomic mass is 10.1. The molecule has 0 aliphatic carbocycles. The summed E-state index contributed by atoms with van der Waals surface area (Å²) in [6.45, 7) is 6.83. The molecule has 0 aliphatic heterocycles. The van der Waals surface area contributed by atoms with Crippen LogP contribution in [0.25, 0.3) is 0 Å². The summed E-state index contributed by atoms with van der Waals surface area (Å²) < 4.78 is 5.31. The van der Waals surface area contributed by atoms with Gasteiger partial charge in [0.2, 0.25) is 5.91 Å². The van der Waals surface area contributed by atoms with Crippen LogP contribution in [0.1, 0.15) is 26.3 Å². The summed E-state index contributed by atoms with van der Waals surface area (Å²) in [6.07, 6.45) is 0. The molecule has 1 aromatic rings. The van der Waals surface area contributed by atoms with E-state index in [2.05, 4.69) is 10.6 Å². The van der Waals surface area contributed by atoms with Gasteiger partial charge in [0, 0.05) is 18.7 Å². The largest absolute Gasteiger partial charge is 0.496 e. The van der Waals surface area contributed by atoms with Gasteiger partial charge in [-0.3, -0.25) is 15.0 Å². The zero-order valence-corrected chi connectivity index (χ0v) is 14.6. The van der Waals surface area contributed by atoms with Crippen molar-refractivity contribution in [3.63, 3.8) is 0 Å². The molecule has 0 radical (unpaired) electrons. The molecule has 1 aromatic carbocycles. The Hall–Kier alpha value is -2.08. The van der Waals surface area contributed by atoms with Gasteiger partial charge in [-0.1, -0.05) is 32.0 Å². The Balaban J connectivity index is 2.56. The number of hydrogen-bond acceptors (Lipinski definition) is 4. The number of hydrogen-bond donors (Lipinski definition) is 2. The molecule has 2 N–H and O–H groups in total. The number of carbonyl (C=O) groups is 2. The van der Waals surface area contributed by atoms with E-state index in [1.165, 1.54) is 0 Å². The lowest BCUT2D eigenvalue weighted by Crippen LogP contribution is -2.48. The fourth-order valence-electron chi connectivity index (χ4n) is 2.00. The Morgan fingerprint density at radius 1 is 1.22 bits per heavy atom. The molecule has 0 saturated carbocycles. The monoisotopic (exact) mass is 321 g/mol. The van der Waals surface area contributed by atoms with E-state index in [0.29, 0.717) is 19.0 Å². The molecule has 1 unspecified atom stereocenters. The van der Waals surface area contributed by atoms with Crippen LogP contribution in [0.15, 0.2) is 24.3 Å². The van der Waals surface area contributed by atoms with Crippen molar-refractivity contribution in [2.75, 3.05) is 20.7 Å². The second-order valence-electron chi connectivity index (χ2n) is 6.00. The smallest absolute Gasteiger partial charge is 0.321 e. The highest BCUT2D eigenvalue weighted by Gasteiger charge is 2.21. The molecule has 128 valence electrons. The summed E-state index contributed by atoms with van der Waals surface area (Å²) in [5.74, 6) is 0.784. The molecule has 23 heavy (non-hydrogen) atoms. The van der Waals surface area contributed by atoms with E-state index in [1.54, 1.807) is 14.0 Å². The van der Waals surface area contributed by atoms with Crippen LogP contribution in [0.3, 0.4) is 0 Å². The van der Waals surface area contributed by atoms with Gasteiger partial charge in [0.15, 0.2) is 0 Å². The van der Waals surface area contributed by atoms with Crippen molar-refractivity contribution < 1.29 is 14.3 Å². The quantitative estimate of drug-likeness (QED) is 0.806. The minimum Gasteiger partial charge on any atom is -0.496 e. The van der Waals surface area contributed by atoms with Crippen molar-refractivity contribution in [3.05, 3.63) is 29.8 Å². The number of nitrogens with zero attached hydrogens (tertiary/aromatic N) is 1. The molecule has 6 heteroatoms. The number of rotatable bonds is 7. The van der Waals surface area contributed by atoms with Crippen molar-refractivity contribution in [2.24, 2.45) is 5.92 Å².